The number of rotatable bonds is 3. The molecular formula is C17H15F3N6O. The van der Waals surface area contributed by atoms with Crippen molar-refractivity contribution in [3.05, 3.63) is 47.9 Å². The fraction of sp³-hybridized carbons (Fsp3) is 0.235. The van der Waals surface area contributed by atoms with E-state index in [2.05, 4.69) is 20.6 Å². The van der Waals surface area contributed by atoms with Crippen LogP contribution in [0.15, 0.2) is 36.5 Å². The van der Waals surface area contributed by atoms with Gasteiger partial charge in [-0.25, -0.2) is 9.99 Å². The molecule has 2 aromatic heterocycles. The predicted molar refractivity (Wildman–Crippen MR) is 92.0 cm³/mol. The summed E-state index contributed by atoms with van der Waals surface area (Å²) in [6, 6.07) is 6.79. The van der Waals surface area contributed by atoms with Gasteiger partial charge in [0.25, 0.3) is 0 Å². The second-order valence-corrected chi connectivity index (χ2v) is 6.06. The summed E-state index contributed by atoms with van der Waals surface area (Å²) < 4.78 is 46.0. The van der Waals surface area contributed by atoms with Crippen LogP contribution in [0.3, 0.4) is 0 Å². The number of nitrogens with one attached hydrogen (secondary N) is 1. The average molecular weight is 376 g/mol. The van der Waals surface area contributed by atoms with Crippen LogP contribution in [0.5, 0.6) is 5.88 Å². The second-order valence-electron chi connectivity index (χ2n) is 6.06. The lowest BCUT2D eigenvalue weighted by Gasteiger charge is -2.10. The highest BCUT2D eigenvalue weighted by Crippen LogP contribution is 2.33. The molecule has 0 fully saturated rings. The third-order valence-corrected chi connectivity index (χ3v) is 4.20. The van der Waals surface area contributed by atoms with E-state index in [1.165, 1.54) is 13.2 Å². The molecule has 140 valence electrons. The number of likely N-dealkylation sites (N-methyl/N-ethyl adjacent to an activating group) is 1. The number of benzene rings is 1. The van der Waals surface area contributed by atoms with Gasteiger partial charge in [-0.15, -0.1) is 10.2 Å². The topological polar surface area (TPSA) is 68.1 Å². The van der Waals surface area contributed by atoms with Gasteiger partial charge in [-0.1, -0.05) is 0 Å². The summed E-state index contributed by atoms with van der Waals surface area (Å²) in [5, 5.41) is 9.92. The number of methoxy groups -OCH3 is 1. The summed E-state index contributed by atoms with van der Waals surface area (Å²) in [6.07, 6.45) is -2.67. The minimum absolute atomic E-state index is 0.230. The molecule has 1 aromatic carbocycles. The Morgan fingerprint density at radius 1 is 1.15 bits per heavy atom. The smallest absolute Gasteiger partial charge is 0.416 e. The van der Waals surface area contributed by atoms with Crippen LogP contribution in [0.4, 0.5) is 13.2 Å². The van der Waals surface area contributed by atoms with E-state index in [1.54, 1.807) is 22.9 Å². The minimum atomic E-state index is -4.44. The molecule has 0 amide bonds. The SMILES string of the molecule is COc1ccc(-n2c(C3=CNN(C)C3)nc3cc(C(F)(F)F)ccc32)nn1. The number of halogens is 3. The molecule has 0 saturated heterocycles. The van der Waals surface area contributed by atoms with Gasteiger partial charge in [-0.2, -0.15) is 13.2 Å². The molecule has 1 aliphatic heterocycles. The van der Waals surface area contributed by atoms with Gasteiger partial charge in [-0.05, 0) is 24.3 Å². The molecule has 0 saturated carbocycles. The van der Waals surface area contributed by atoms with Crippen molar-refractivity contribution in [3.8, 4) is 11.7 Å². The van der Waals surface area contributed by atoms with Gasteiger partial charge < -0.3 is 10.2 Å². The number of imidazole rings is 1. The summed E-state index contributed by atoms with van der Waals surface area (Å²) in [6.45, 7) is 0.541. The molecule has 0 radical (unpaired) electrons. The molecule has 10 heteroatoms. The zero-order chi connectivity index (χ0) is 19.2. The Morgan fingerprint density at radius 2 is 1.96 bits per heavy atom. The largest absolute Gasteiger partial charge is 0.480 e. The molecule has 0 spiro atoms. The van der Waals surface area contributed by atoms with Gasteiger partial charge in [0, 0.05) is 31.4 Å². The van der Waals surface area contributed by atoms with E-state index in [0.29, 0.717) is 29.6 Å². The first-order chi connectivity index (χ1) is 12.9. The van der Waals surface area contributed by atoms with Crippen LogP contribution in [0.25, 0.3) is 22.4 Å². The molecule has 0 atom stereocenters. The highest BCUT2D eigenvalue weighted by atomic mass is 19.4. The van der Waals surface area contributed by atoms with Crippen LogP contribution < -0.4 is 10.2 Å². The zero-order valence-electron chi connectivity index (χ0n) is 14.4. The lowest BCUT2D eigenvalue weighted by Crippen LogP contribution is -2.24. The summed E-state index contributed by atoms with van der Waals surface area (Å²) in [7, 11) is 3.33. The van der Waals surface area contributed by atoms with Crippen molar-refractivity contribution in [2.75, 3.05) is 20.7 Å². The highest BCUT2D eigenvalue weighted by Gasteiger charge is 2.31. The lowest BCUT2D eigenvalue weighted by molar-refractivity contribution is -0.137. The quantitative estimate of drug-likeness (QED) is 0.758. The summed E-state index contributed by atoms with van der Waals surface area (Å²) in [5.41, 5.74) is 3.84. The third kappa shape index (κ3) is 3.08. The first-order valence-corrected chi connectivity index (χ1v) is 8.01. The number of hydrazine groups is 1. The number of ether oxygens (including phenoxy) is 1. The van der Waals surface area contributed by atoms with Crippen molar-refractivity contribution in [3.63, 3.8) is 0 Å². The van der Waals surface area contributed by atoms with Crippen LogP contribution in [0, 0.1) is 0 Å². The number of fused-ring (bicyclic) bond motifs is 1. The van der Waals surface area contributed by atoms with Crippen molar-refractivity contribution in [1.82, 2.24) is 30.2 Å². The van der Waals surface area contributed by atoms with Gasteiger partial charge in [0.15, 0.2) is 5.82 Å². The predicted octanol–water partition coefficient (Wildman–Crippen LogP) is 2.63. The van der Waals surface area contributed by atoms with E-state index < -0.39 is 11.7 Å². The zero-order valence-corrected chi connectivity index (χ0v) is 14.4. The van der Waals surface area contributed by atoms with Crippen LogP contribution in [0.1, 0.15) is 11.4 Å². The second kappa shape index (κ2) is 6.23. The maximum atomic E-state index is 13.1. The van der Waals surface area contributed by atoms with E-state index in [-0.39, 0.29) is 5.52 Å². The van der Waals surface area contributed by atoms with Crippen molar-refractivity contribution in [1.29, 1.82) is 0 Å². The molecule has 1 aliphatic rings. The monoisotopic (exact) mass is 376 g/mol. The van der Waals surface area contributed by atoms with Crippen molar-refractivity contribution in [2.24, 2.45) is 0 Å². The Kier molecular flexibility index (Phi) is 3.99. The lowest BCUT2D eigenvalue weighted by atomic mass is 10.2. The third-order valence-electron chi connectivity index (χ3n) is 4.20. The van der Waals surface area contributed by atoms with Crippen molar-refractivity contribution < 1.29 is 17.9 Å². The van der Waals surface area contributed by atoms with E-state index in [1.807, 2.05) is 12.1 Å². The number of alkyl halides is 3. The molecular weight excluding hydrogens is 361 g/mol. The van der Waals surface area contributed by atoms with Gasteiger partial charge >= 0.3 is 6.18 Å². The number of hydrogen-bond donors (Lipinski definition) is 1. The van der Waals surface area contributed by atoms with Crippen LogP contribution in [-0.4, -0.2) is 45.5 Å². The molecule has 1 N–H and O–H groups in total. The fourth-order valence-corrected chi connectivity index (χ4v) is 2.92. The van der Waals surface area contributed by atoms with E-state index in [9.17, 15) is 13.2 Å². The number of hydrogen-bond acceptors (Lipinski definition) is 6. The molecule has 0 unspecified atom stereocenters. The van der Waals surface area contributed by atoms with Crippen molar-refractivity contribution in [2.45, 2.75) is 6.18 Å². The van der Waals surface area contributed by atoms with E-state index in [0.717, 1.165) is 17.7 Å². The molecule has 7 nitrogen and oxygen atoms in total. The number of aromatic nitrogens is 4. The van der Waals surface area contributed by atoms with Gasteiger partial charge in [-0.3, -0.25) is 4.57 Å². The van der Waals surface area contributed by atoms with Crippen LogP contribution in [0.2, 0.25) is 0 Å². The van der Waals surface area contributed by atoms with Crippen LogP contribution >= 0.6 is 0 Å². The first kappa shape index (κ1) is 17.3. The fourth-order valence-electron chi connectivity index (χ4n) is 2.92. The van der Waals surface area contributed by atoms with Gasteiger partial charge in [0.2, 0.25) is 5.88 Å². The van der Waals surface area contributed by atoms with Crippen LogP contribution in [-0.2, 0) is 6.18 Å². The maximum absolute atomic E-state index is 13.1. The molecule has 4 rings (SSSR count). The maximum Gasteiger partial charge on any atom is 0.416 e. The Labute approximate surface area is 152 Å². The summed E-state index contributed by atoms with van der Waals surface area (Å²) >= 11 is 0. The minimum Gasteiger partial charge on any atom is -0.480 e. The molecule has 3 heterocycles. The molecule has 0 bridgehead atoms. The normalized spacial score (nSPS) is 15.1. The van der Waals surface area contributed by atoms with Crippen molar-refractivity contribution >= 4 is 16.6 Å². The molecule has 27 heavy (non-hydrogen) atoms. The number of nitrogens with zero attached hydrogens (tertiary/aromatic N) is 5. The molecule has 0 aliphatic carbocycles. The average Bonchev–Trinajstić information content (AvgIpc) is 3.23. The summed E-state index contributed by atoms with van der Waals surface area (Å²) in [4.78, 5) is 4.45. The summed E-state index contributed by atoms with van der Waals surface area (Å²) in [5.74, 6) is 1.27. The Balaban J connectivity index is 1.92. The first-order valence-electron chi connectivity index (χ1n) is 8.01. The highest BCUT2D eigenvalue weighted by molar-refractivity contribution is 5.83. The Hall–Kier alpha value is -3.14. The van der Waals surface area contributed by atoms with Gasteiger partial charge in [0.1, 0.15) is 5.82 Å². The molecule has 3 aromatic rings. The van der Waals surface area contributed by atoms with Gasteiger partial charge in [0.05, 0.1) is 23.7 Å². The Bertz CT molecular complexity index is 1030. The standard InChI is InChI=1S/C17H15F3N6O/c1-25-9-10(8-21-25)16-22-12-7-11(17(18,19)20)3-4-13(12)26(16)14-5-6-15(27-2)24-23-14/h3-8,21H,9H2,1-2H3. The van der Waals surface area contributed by atoms with E-state index >= 15 is 0 Å². The Morgan fingerprint density at radius 3 is 2.56 bits per heavy atom. The van der Waals surface area contributed by atoms with E-state index in [4.69, 9.17) is 4.74 Å².